The van der Waals surface area contributed by atoms with Crippen molar-refractivity contribution in [2.45, 2.75) is 26.3 Å². The first-order valence-electron chi connectivity index (χ1n) is 11.6. The maximum absolute atomic E-state index is 10.1. The van der Waals surface area contributed by atoms with Gasteiger partial charge >= 0.3 is 0 Å². The molecule has 0 radical (unpaired) electrons. The molecule has 3 rings (SSSR count). The van der Waals surface area contributed by atoms with E-state index < -0.39 is 0 Å². The lowest BCUT2D eigenvalue weighted by Gasteiger charge is -2.29. The Labute approximate surface area is 207 Å². The van der Waals surface area contributed by atoms with E-state index in [9.17, 15) is 5.11 Å². The number of nitrogens with one attached hydrogen (secondary N) is 2. The lowest BCUT2D eigenvalue weighted by molar-refractivity contribution is 0.381. The van der Waals surface area contributed by atoms with Crippen molar-refractivity contribution in [2.24, 2.45) is 5.73 Å². The molecule has 1 aliphatic rings. The Balaban J connectivity index is 1.83. The van der Waals surface area contributed by atoms with Crippen molar-refractivity contribution in [1.29, 1.82) is 10.8 Å². The molecule has 1 aliphatic heterocycles. The normalized spacial score (nSPS) is 16.5. The molecule has 1 fully saturated rings. The molecule has 35 heavy (non-hydrogen) atoms. The quantitative estimate of drug-likeness (QED) is 0.287. The minimum Gasteiger partial charge on any atom is -0.507 e. The van der Waals surface area contributed by atoms with Gasteiger partial charge in [-0.2, -0.15) is 0 Å². The van der Waals surface area contributed by atoms with Gasteiger partial charge in [0.2, 0.25) is 5.82 Å². The largest absolute Gasteiger partial charge is 0.507 e. The van der Waals surface area contributed by atoms with Crippen LogP contribution < -0.4 is 10.6 Å². The topological polar surface area (TPSA) is 129 Å². The van der Waals surface area contributed by atoms with E-state index in [1.165, 1.54) is 0 Å². The lowest BCUT2D eigenvalue weighted by Crippen LogP contribution is -2.37. The van der Waals surface area contributed by atoms with E-state index in [2.05, 4.69) is 28.6 Å². The third kappa shape index (κ3) is 6.58. The maximum atomic E-state index is 10.1. The van der Waals surface area contributed by atoms with Gasteiger partial charge in [0, 0.05) is 43.0 Å². The molecule has 0 bridgehead atoms. The third-order valence-corrected chi connectivity index (χ3v) is 5.86. The van der Waals surface area contributed by atoms with Gasteiger partial charge in [0.25, 0.3) is 0 Å². The second-order valence-corrected chi connectivity index (χ2v) is 8.93. The number of para-hydroxylation sites is 1. The number of nitrogens with zero attached hydrogens (tertiary/aromatic N) is 5. The third-order valence-electron chi connectivity index (χ3n) is 5.86. The zero-order chi connectivity index (χ0) is 25.5. The van der Waals surface area contributed by atoms with E-state index in [0.717, 1.165) is 17.8 Å². The number of allylic oxidation sites excluding steroid dienone is 1. The summed E-state index contributed by atoms with van der Waals surface area (Å²) in [7, 11) is 3.93. The maximum Gasteiger partial charge on any atom is 0.206 e. The molecule has 1 saturated heterocycles. The van der Waals surface area contributed by atoms with Gasteiger partial charge in [0.05, 0.1) is 18.0 Å². The van der Waals surface area contributed by atoms with Gasteiger partial charge in [-0.25, -0.2) is 9.97 Å². The first-order chi connectivity index (χ1) is 16.7. The molecular formula is C26H34N8O. The van der Waals surface area contributed by atoms with Crippen LogP contribution in [0.3, 0.4) is 0 Å². The summed E-state index contributed by atoms with van der Waals surface area (Å²) in [4.78, 5) is 15.4. The number of amidine groups is 1. The van der Waals surface area contributed by atoms with Crippen molar-refractivity contribution >= 4 is 17.4 Å². The molecule has 0 spiro atoms. The Morgan fingerprint density at radius 1 is 1.26 bits per heavy atom. The fourth-order valence-corrected chi connectivity index (χ4v) is 3.93. The number of aryl methyl sites for hydroxylation is 1. The van der Waals surface area contributed by atoms with Crippen LogP contribution in [-0.2, 0) is 0 Å². The highest BCUT2D eigenvalue weighted by atomic mass is 16.3. The molecule has 0 saturated carbocycles. The van der Waals surface area contributed by atoms with Gasteiger partial charge < -0.3 is 26.0 Å². The number of hydrogen-bond acceptors (Lipinski definition) is 8. The summed E-state index contributed by atoms with van der Waals surface area (Å²) in [6, 6.07) is 6.89. The Morgan fingerprint density at radius 2 is 2.00 bits per heavy atom. The fourth-order valence-electron chi connectivity index (χ4n) is 3.93. The number of nitrogens with two attached hydrogens (primary N) is 1. The average Bonchev–Trinajstić information content (AvgIpc) is 3.00. The van der Waals surface area contributed by atoms with Crippen LogP contribution in [0.15, 0.2) is 42.2 Å². The number of aromatic nitrogens is 2. The lowest BCUT2D eigenvalue weighted by atomic mass is 10.1. The monoisotopic (exact) mass is 474 g/mol. The predicted octanol–water partition coefficient (Wildman–Crippen LogP) is 2.19. The Kier molecular flexibility index (Phi) is 8.44. The van der Waals surface area contributed by atoms with E-state index >= 15 is 0 Å². The summed E-state index contributed by atoms with van der Waals surface area (Å²) in [5.74, 6) is 7.41. The summed E-state index contributed by atoms with van der Waals surface area (Å²) in [6.45, 7) is 6.74. The van der Waals surface area contributed by atoms with E-state index in [1.807, 2.05) is 37.0 Å². The van der Waals surface area contributed by atoms with E-state index in [-0.39, 0.29) is 23.3 Å². The number of aromatic hydroxyl groups is 1. The molecule has 184 valence electrons. The van der Waals surface area contributed by atoms with Crippen LogP contribution in [0.4, 0.5) is 5.82 Å². The van der Waals surface area contributed by atoms with E-state index in [1.54, 1.807) is 30.3 Å². The number of phenolic OH excluding ortho intramolecular Hbond substituents is 1. The zero-order valence-corrected chi connectivity index (χ0v) is 20.8. The van der Waals surface area contributed by atoms with Crippen molar-refractivity contribution in [2.75, 3.05) is 45.2 Å². The molecule has 2 aromatic rings. The molecule has 9 heteroatoms. The molecule has 1 unspecified atom stereocenters. The second kappa shape index (κ2) is 11.5. The van der Waals surface area contributed by atoms with Crippen LogP contribution in [0.2, 0.25) is 0 Å². The van der Waals surface area contributed by atoms with Crippen LogP contribution in [-0.4, -0.2) is 82.7 Å². The predicted molar refractivity (Wildman–Crippen MR) is 140 cm³/mol. The fraction of sp³-hybridized carbons (Fsp3) is 0.385. The van der Waals surface area contributed by atoms with Crippen molar-refractivity contribution in [3.05, 3.63) is 59.2 Å². The molecule has 5 N–H and O–H groups in total. The summed E-state index contributed by atoms with van der Waals surface area (Å²) in [5.41, 5.74) is 7.89. The van der Waals surface area contributed by atoms with Crippen LogP contribution in [0, 0.1) is 29.6 Å². The second-order valence-electron chi connectivity index (χ2n) is 8.93. The molecule has 1 atom stereocenters. The summed E-state index contributed by atoms with van der Waals surface area (Å²) < 4.78 is 0. The van der Waals surface area contributed by atoms with Crippen LogP contribution in [0.25, 0.3) is 0 Å². The van der Waals surface area contributed by atoms with Crippen molar-refractivity contribution in [3.8, 4) is 17.6 Å². The van der Waals surface area contributed by atoms with Gasteiger partial charge in [0.1, 0.15) is 17.4 Å². The first-order valence-corrected chi connectivity index (χ1v) is 11.6. The van der Waals surface area contributed by atoms with Gasteiger partial charge in [-0.3, -0.25) is 10.3 Å². The van der Waals surface area contributed by atoms with Crippen molar-refractivity contribution < 1.29 is 5.11 Å². The van der Waals surface area contributed by atoms with Crippen LogP contribution in [0.1, 0.15) is 30.3 Å². The molecule has 1 aromatic carbocycles. The van der Waals surface area contributed by atoms with Gasteiger partial charge in [-0.1, -0.05) is 18.1 Å². The SMILES string of the molecule is Cc1cnc(C#CCN(C)C)nc1N1CCN(/C(=C/C(=N)c2ccccc2O)C(=N)N)CCC1C. The Bertz CT molecular complexity index is 1180. The standard InChI is InChI=1S/C26H34N8O/c1-18-17-30-24(10-7-12-32(3)4)31-26(18)34-15-14-33(13-11-19(34)2)22(25(28)29)16-21(27)20-8-5-6-9-23(20)35/h5-6,8-9,16-17,19,27,35H,11-15H2,1-4H3,(H3,28,29)/b22-16+,27-21?. The summed E-state index contributed by atoms with van der Waals surface area (Å²) >= 11 is 0. The number of phenols is 1. The minimum absolute atomic E-state index is 0.0241. The zero-order valence-electron chi connectivity index (χ0n) is 20.8. The van der Waals surface area contributed by atoms with Gasteiger partial charge in [0.15, 0.2) is 0 Å². The Morgan fingerprint density at radius 3 is 2.69 bits per heavy atom. The molecular weight excluding hydrogens is 440 g/mol. The number of anilines is 1. The van der Waals surface area contributed by atoms with Gasteiger partial charge in [-0.05, 0) is 58.5 Å². The molecule has 0 amide bonds. The molecule has 2 heterocycles. The molecule has 0 aliphatic carbocycles. The van der Waals surface area contributed by atoms with Gasteiger partial charge in [-0.15, -0.1) is 0 Å². The van der Waals surface area contributed by atoms with Crippen LogP contribution in [0.5, 0.6) is 5.75 Å². The van der Waals surface area contributed by atoms with Crippen molar-refractivity contribution in [3.63, 3.8) is 0 Å². The average molecular weight is 475 g/mol. The minimum atomic E-state index is -0.108. The van der Waals surface area contributed by atoms with Crippen LogP contribution >= 0.6 is 0 Å². The first kappa shape index (κ1) is 25.7. The highest BCUT2D eigenvalue weighted by Gasteiger charge is 2.25. The highest BCUT2D eigenvalue weighted by molar-refractivity contribution is 6.12. The Hall–Kier alpha value is -3.90. The van der Waals surface area contributed by atoms with Crippen molar-refractivity contribution in [1.82, 2.24) is 19.8 Å². The number of benzene rings is 1. The molecule has 9 nitrogen and oxygen atoms in total. The number of rotatable bonds is 6. The number of hydrogen-bond donors (Lipinski definition) is 4. The summed E-state index contributed by atoms with van der Waals surface area (Å²) in [6.07, 6.45) is 4.19. The molecule has 1 aromatic heterocycles. The van der Waals surface area contributed by atoms with E-state index in [0.29, 0.717) is 43.3 Å². The summed E-state index contributed by atoms with van der Waals surface area (Å²) in [5, 5.41) is 26.7. The smallest absolute Gasteiger partial charge is 0.206 e. The van der Waals surface area contributed by atoms with E-state index in [4.69, 9.17) is 21.5 Å². The highest BCUT2D eigenvalue weighted by Crippen LogP contribution is 2.24.